The Morgan fingerprint density at radius 1 is 1.24 bits per heavy atom. The minimum atomic E-state index is 0.418. The number of hydrogen-bond acceptors (Lipinski definition) is 2. The Hall–Kier alpha value is -0.0800. The maximum Gasteiger partial charge on any atom is 0.0308 e. The maximum atomic E-state index is 3.81. The highest BCUT2D eigenvalue weighted by molar-refractivity contribution is 5.00. The van der Waals surface area contributed by atoms with Gasteiger partial charge in [0.1, 0.15) is 0 Å². The van der Waals surface area contributed by atoms with Crippen molar-refractivity contribution < 1.29 is 0 Å². The molecule has 2 nitrogen and oxygen atoms in total. The van der Waals surface area contributed by atoms with Crippen LogP contribution < -0.4 is 5.32 Å². The molecule has 0 aromatic rings. The van der Waals surface area contributed by atoms with E-state index in [9.17, 15) is 0 Å². The van der Waals surface area contributed by atoms with Crippen molar-refractivity contribution in [1.29, 1.82) is 0 Å². The molecule has 17 heavy (non-hydrogen) atoms. The predicted octanol–water partition coefficient (Wildman–Crippen LogP) is 3.03. The minimum Gasteiger partial charge on any atom is -0.310 e. The van der Waals surface area contributed by atoms with Crippen molar-refractivity contribution in [3.63, 3.8) is 0 Å². The second kappa shape index (κ2) is 6.19. The molecule has 2 aliphatic rings. The van der Waals surface area contributed by atoms with E-state index in [1.807, 2.05) is 0 Å². The highest BCUT2D eigenvalue weighted by atomic mass is 15.2. The Labute approximate surface area is 107 Å². The quantitative estimate of drug-likeness (QED) is 0.716. The van der Waals surface area contributed by atoms with E-state index in [1.165, 1.54) is 71.1 Å². The lowest BCUT2D eigenvalue weighted by Crippen LogP contribution is -2.51. The number of nitrogens with zero attached hydrogens (tertiary/aromatic N) is 1. The summed E-state index contributed by atoms with van der Waals surface area (Å²) in [5, 5.41) is 3.81. The highest BCUT2D eigenvalue weighted by Gasteiger charge is 2.42. The largest absolute Gasteiger partial charge is 0.310 e. The van der Waals surface area contributed by atoms with Crippen LogP contribution in [0.15, 0.2) is 0 Å². The van der Waals surface area contributed by atoms with Crippen LogP contribution in [-0.2, 0) is 0 Å². The van der Waals surface area contributed by atoms with Gasteiger partial charge in [0.2, 0.25) is 0 Å². The van der Waals surface area contributed by atoms with Gasteiger partial charge >= 0.3 is 0 Å². The summed E-state index contributed by atoms with van der Waals surface area (Å²) in [6.07, 6.45) is 9.80. The molecule has 0 bridgehead atoms. The van der Waals surface area contributed by atoms with Gasteiger partial charge in [-0.25, -0.2) is 0 Å². The van der Waals surface area contributed by atoms with Gasteiger partial charge in [0.25, 0.3) is 0 Å². The average Bonchev–Trinajstić information content (AvgIpc) is 3.12. The first-order chi connectivity index (χ1) is 8.24. The number of unbranched alkanes of at least 4 members (excludes halogenated alkanes) is 3. The standard InChI is InChI=1S/C15H30N2/c1-3-4-5-6-11-17-12-7-10-16-15(2,13-17)14-8-9-14/h14,16H,3-13H2,1-2H3. The van der Waals surface area contributed by atoms with Gasteiger partial charge in [0, 0.05) is 12.1 Å². The van der Waals surface area contributed by atoms with Crippen LogP contribution in [0, 0.1) is 5.92 Å². The first-order valence-electron chi connectivity index (χ1n) is 7.72. The summed E-state index contributed by atoms with van der Waals surface area (Å²) in [5.41, 5.74) is 0.418. The van der Waals surface area contributed by atoms with Gasteiger partial charge in [-0.3, -0.25) is 0 Å². The topological polar surface area (TPSA) is 15.3 Å². The Morgan fingerprint density at radius 2 is 2.06 bits per heavy atom. The summed E-state index contributed by atoms with van der Waals surface area (Å²) < 4.78 is 0. The van der Waals surface area contributed by atoms with Crippen molar-refractivity contribution in [3.05, 3.63) is 0 Å². The lowest BCUT2D eigenvalue weighted by molar-refractivity contribution is 0.198. The van der Waals surface area contributed by atoms with Crippen LogP contribution in [0.1, 0.15) is 58.8 Å². The zero-order chi connectivity index (χ0) is 12.1. The van der Waals surface area contributed by atoms with E-state index in [0.29, 0.717) is 5.54 Å². The second-order valence-corrected chi connectivity index (χ2v) is 6.31. The highest BCUT2D eigenvalue weighted by Crippen LogP contribution is 2.40. The lowest BCUT2D eigenvalue weighted by atomic mass is 9.95. The van der Waals surface area contributed by atoms with E-state index in [4.69, 9.17) is 0 Å². The Morgan fingerprint density at radius 3 is 2.76 bits per heavy atom. The van der Waals surface area contributed by atoms with E-state index >= 15 is 0 Å². The smallest absolute Gasteiger partial charge is 0.0308 e. The third-order valence-corrected chi connectivity index (χ3v) is 4.54. The van der Waals surface area contributed by atoms with E-state index in [-0.39, 0.29) is 0 Å². The maximum absolute atomic E-state index is 3.81. The summed E-state index contributed by atoms with van der Waals surface area (Å²) in [5.74, 6) is 0.957. The van der Waals surface area contributed by atoms with Crippen LogP contribution in [0.5, 0.6) is 0 Å². The molecule has 0 radical (unpaired) electrons. The molecule has 1 atom stereocenters. The van der Waals surface area contributed by atoms with Crippen molar-refractivity contribution in [2.24, 2.45) is 5.92 Å². The number of hydrogen-bond donors (Lipinski definition) is 1. The molecular formula is C15H30N2. The van der Waals surface area contributed by atoms with Crippen LogP contribution in [-0.4, -0.2) is 36.6 Å². The molecule has 0 aromatic carbocycles. The van der Waals surface area contributed by atoms with Gasteiger partial charge in [-0.15, -0.1) is 0 Å². The molecule has 2 rings (SSSR count). The molecule has 1 saturated heterocycles. The van der Waals surface area contributed by atoms with Crippen molar-refractivity contribution >= 4 is 0 Å². The summed E-state index contributed by atoms with van der Waals surface area (Å²) in [4.78, 5) is 2.72. The Kier molecular flexibility index (Phi) is 4.87. The summed E-state index contributed by atoms with van der Waals surface area (Å²) >= 11 is 0. The molecular weight excluding hydrogens is 208 g/mol. The molecule has 0 spiro atoms. The fraction of sp³-hybridized carbons (Fsp3) is 1.00. The fourth-order valence-electron chi connectivity index (χ4n) is 3.22. The van der Waals surface area contributed by atoms with E-state index in [0.717, 1.165) is 5.92 Å². The molecule has 0 amide bonds. The molecule has 1 N–H and O–H groups in total. The normalized spacial score (nSPS) is 31.4. The number of rotatable bonds is 6. The van der Waals surface area contributed by atoms with E-state index in [1.54, 1.807) is 0 Å². The van der Waals surface area contributed by atoms with E-state index in [2.05, 4.69) is 24.1 Å². The van der Waals surface area contributed by atoms with E-state index < -0.39 is 0 Å². The molecule has 1 saturated carbocycles. The summed E-state index contributed by atoms with van der Waals surface area (Å²) in [6, 6.07) is 0. The van der Waals surface area contributed by atoms with Crippen LogP contribution in [0.25, 0.3) is 0 Å². The second-order valence-electron chi connectivity index (χ2n) is 6.31. The molecule has 0 aromatic heterocycles. The molecule has 2 heteroatoms. The van der Waals surface area contributed by atoms with Crippen LogP contribution >= 0.6 is 0 Å². The van der Waals surface area contributed by atoms with Gasteiger partial charge in [0.15, 0.2) is 0 Å². The van der Waals surface area contributed by atoms with Gasteiger partial charge in [0.05, 0.1) is 0 Å². The van der Waals surface area contributed by atoms with Crippen LogP contribution in [0.2, 0.25) is 0 Å². The monoisotopic (exact) mass is 238 g/mol. The Balaban J connectivity index is 1.76. The fourth-order valence-corrected chi connectivity index (χ4v) is 3.22. The van der Waals surface area contributed by atoms with Crippen LogP contribution in [0.3, 0.4) is 0 Å². The summed E-state index contributed by atoms with van der Waals surface area (Å²) in [6.45, 7) is 9.88. The Bertz CT molecular complexity index is 225. The molecule has 2 fully saturated rings. The SMILES string of the molecule is CCCCCCN1CCCNC(C)(C2CC2)C1. The number of nitrogens with one attached hydrogen (secondary N) is 1. The van der Waals surface area contributed by atoms with Crippen molar-refractivity contribution in [3.8, 4) is 0 Å². The third kappa shape index (κ3) is 3.96. The van der Waals surface area contributed by atoms with Crippen molar-refractivity contribution in [2.75, 3.05) is 26.2 Å². The molecule has 1 unspecified atom stereocenters. The zero-order valence-corrected chi connectivity index (χ0v) is 11.8. The van der Waals surface area contributed by atoms with Crippen molar-refractivity contribution in [1.82, 2.24) is 10.2 Å². The lowest BCUT2D eigenvalue weighted by Gasteiger charge is -2.34. The molecule has 1 aliphatic heterocycles. The van der Waals surface area contributed by atoms with Gasteiger partial charge in [-0.05, 0) is 58.2 Å². The first-order valence-corrected chi connectivity index (χ1v) is 7.72. The predicted molar refractivity (Wildman–Crippen MR) is 74.3 cm³/mol. The van der Waals surface area contributed by atoms with Gasteiger partial charge in [-0.1, -0.05) is 26.2 Å². The zero-order valence-electron chi connectivity index (χ0n) is 11.8. The third-order valence-electron chi connectivity index (χ3n) is 4.54. The van der Waals surface area contributed by atoms with Gasteiger partial charge < -0.3 is 10.2 Å². The first kappa shape index (κ1) is 13.4. The average molecular weight is 238 g/mol. The molecule has 1 aliphatic carbocycles. The molecule has 100 valence electrons. The van der Waals surface area contributed by atoms with Crippen molar-refractivity contribution in [2.45, 2.75) is 64.3 Å². The molecule has 1 heterocycles. The van der Waals surface area contributed by atoms with Gasteiger partial charge in [-0.2, -0.15) is 0 Å². The minimum absolute atomic E-state index is 0.418. The van der Waals surface area contributed by atoms with Crippen LogP contribution in [0.4, 0.5) is 0 Å². The summed E-state index contributed by atoms with van der Waals surface area (Å²) in [7, 11) is 0.